The fourth-order valence-electron chi connectivity index (χ4n) is 11.4. The van der Waals surface area contributed by atoms with Crippen molar-refractivity contribution in [2.45, 2.75) is 115 Å². The van der Waals surface area contributed by atoms with Gasteiger partial charge in [-0.2, -0.15) is 0 Å². The van der Waals surface area contributed by atoms with E-state index in [1.54, 1.807) is 0 Å². The van der Waals surface area contributed by atoms with Gasteiger partial charge in [0.15, 0.2) is 11.5 Å². The molecule has 0 heterocycles. The van der Waals surface area contributed by atoms with Crippen molar-refractivity contribution >= 4 is 0 Å². The lowest BCUT2D eigenvalue weighted by molar-refractivity contribution is -0.0226. The minimum absolute atomic E-state index is 0.0750. The van der Waals surface area contributed by atoms with Crippen LogP contribution in [0.2, 0.25) is 0 Å². The number of aryl methyl sites for hydroxylation is 2. The molecule has 2 aromatic rings. The van der Waals surface area contributed by atoms with E-state index in [1.807, 2.05) is 6.07 Å². The Morgan fingerprint density at radius 2 is 1.25 bits per heavy atom. The standard InChI is InChI=1S/C36H46O4/c1-35-15-13-24-23-8-5-22(17-20(23)3-6-26(24)29(35)9-11-33(35)38)40-32-19-28-21(18-31(32)37)4-7-27-25(28)14-16-36(2)30(27)10-12-34(36)39/h5,8,17-19,24-27,29-30,33-34,37-39H,3-4,6-7,9-16H2,1-2H3/t24-,25+,26-,27-,29+,30+,33+,34-,35+,36+/m1/s1. The number of phenols is 1. The second-order valence-corrected chi connectivity index (χ2v) is 15.1. The number of hydrogen-bond donors (Lipinski definition) is 3. The van der Waals surface area contributed by atoms with Crippen molar-refractivity contribution < 1.29 is 20.1 Å². The summed E-state index contributed by atoms with van der Waals surface area (Å²) in [5.74, 6) is 5.31. The van der Waals surface area contributed by atoms with Gasteiger partial charge in [0.1, 0.15) is 5.75 Å². The average Bonchev–Trinajstić information content (AvgIpc) is 3.43. The first kappa shape index (κ1) is 25.7. The molecule has 0 aliphatic heterocycles. The third-order valence-electron chi connectivity index (χ3n) is 13.6. The first-order chi connectivity index (χ1) is 19.3. The summed E-state index contributed by atoms with van der Waals surface area (Å²) < 4.78 is 6.46. The second kappa shape index (κ2) is 8.98. The molecule has 0 bridgehead atoms. The van der Waals surface area contributed by atoms with E-state index in [9.17, 15) is 15.3 Å². The van der Waals surface area contributed by atoms with Crippen LogP contribution >= 0.6 is 0 Å². The SMILES string of the molecule is C[C@]12CC[C@@H]3c4cc(Oc5ccc6c(c5)CC[C@@H]5[C@@H]6CC[C@]6(C)[C@@H](O)CC[C@@H]56)c(O)cc4CC[C@H]3[C@@H]1CC[C@H]2O. The van der Waals surface area contributed by atoms with Gasteiger partial charge in [-0.25, -0.2) is 0 Å². The van der Waals surface area contributed by atoms with E-state index in [4.69, 9.17) is 4.74 Å². The zero-order valence-corrected chi connectivity index (χ0v) is 24.2. The Hall–Kier alpha value is -2.04. The quantitative estimate of drug-likeness (QED) is 0.365. The fourth-order valence-corrected chi connectivity index (χ4v) is 11.4. The molecule has 10 atom stereocenters. The Kier molecular flexibility index (Phi) is 5.76. The van der Waals surface area contributed by atoms with Gasteiger partial charge in [0.05, 0.1) is 12.2 Å². The molecule has 0 amide bonds. The molecular formula is C36H46O4. The summed E-state index contributed by atoms with van der Waals surface area (Å²) in [6.45, 7) is 4.67. The molecule has 0 unspecified atom stereocenters. The highest BCUT2D eigenvalue weighted by Gasteiger charge is 2.55. The fraction of sp³-hybridized carbons (Fsp3) is 0.667. The van der Waals surface area contributed by atoms with E-state index in [0.29, 0.717) is 41.3 Å². The number of rotatable bonds is 2. The van der Waals surface area contributed by atoms with Gasteiger partial charge in [0.25, 0.3) is 0 Å². The van der Waals surface area contributed by atoms with Crippen molar-refractivity contribution in [3.8, 4) is 17.2 Å². The van der Waals surface area contributed by atoms with Gasteiger partial charge in [-0.05, 0) is 170 Å². The second-order valence-electron chi connectivity index (χ2n) is 15.1. The number of phenolic OH excluding ortho intramolecular Hbond substituents is 1. The molecule has 6 aliphatic carbocycles. The largest absolute Gasteiger partial charge is 0.504 e. The summed E-state index contributed by atoms with van der Waals surface area (Å²) in [7, 11) is 0. The first-order valence-corrected chi connectivity index (χ1v) is 16.3. The van der Waals surface area contributed by atoms with E-state index in [0.717, 1.165) is 63.5 Å². The van der Waals surface area contributed by atoms with E-state index >= 15 is 0 Å². The van der Waals surface area contributed by atoms with Crippen LogP contribution in [-0.2, 0) is 12.8 Å². The predicted octanol–water partition coefficient (Wildman–Crippen LogP) is 7.62. The zero-order valence-electron chi connectivity index (χ0n) is 24.2. The summed E-state index contributed by atoms with van der Waals surface area (Å²) >= 11 is 0. The molecule has 4 fully saturated rings. The molecular weight excluding hydrogens is 496 g/mol. The molecule has 3 N–H and O–H groups in total. The molecule has 4 heteroatoms. The monoisotopic (exact) mass is 542 g/mol. The van der Waals surface area contributed by atoms with Crippen molar-refractivity contribution in [1.29, 1.82) is 0 Å². The minimum atomic E-state index is -0.152. The lowest BCUT2D eigenvalue weighted by Gasteiger charge is -2.50. The number of hydrogen-bond acceptors (Lipinski definition) is 4. The van der Waals surface area contributed by atoms with Crippen LogP contribution in [0.3, 0.4) is 0 Å². The van der Waals surface area contributed by atoms with Crippen molar-refractivity contribution in [2.24, 2.45) is 34.5 Å². The number of aliphatic hydroxyl groups is 2. The Balaban J connectivity index is 1.05. The number of benzene rings is 2. The van der Waals surface area contributed by atoms with E-state index in [-0.39, 0.29) is 28.8 Å². The molecule has 0 aromatic heterocycles. The highest BCUT2D eigenvalue weighted by Crippen LogP contribution is 2.62. The van der Waals surface area contributed by atoms with Crippen LogP contribution in [0.4, 0.5) is 0 Å². The summed E-state index contributed by atoms with van der Waals surface area (Å²) in [5, 5.41) is 32.5. The number of ether oxygens (including phenoxy) is 1. The lowest BCUT2D eigenvalue weighted by atomic mass is 9.55. The van der Waals surface area contributed by atoms with Crippen LogP contribution in [0.25, 0.3) is 0 Å². The third kappa shape index (κ3) is 3.57. The van der Waals surface area contributed by atoms with Crippen molar-refractivity contribution in [3.05, 3.63) is 52.6 Å². The summed E-state index contributed by atoms with van der Waals surface area (Å²) in [6, 6.07) is 10.8. The van der Waals surface area contributed by atoms with Gasteiger partial charge in [-0.1, -0.05) is 19.9 Å². The van der Waals surface area contributed by atoms with E-state index in [2.05, 4.69) is 38.1 Å². The van der Waals surface area contributed by atoms with Crippen LogP contribution in [0.5, 0.6) is 17.2 Å². The molecule has 214 valence electrons. The average molecular weight is 543 g/mol. The Bertz CT molecular complexity index is 1330. The highest BCUT2D eigenvalue weighted by atomic mass is 16.5. The van der Waals surface area contributed by atoms with Crippen molar-refractivity contribution in [3.63, 3.8) is 0 Å². The zero-order chi connectivity index (χ0) is 27.4. The van der Waals surface area contributed by atoms with E-state index in [1.165, 1.54) is 41.5 Å². The summed E-state index contributed by atoms with van der Waals surface area (Å²) in [6.07, 6.45) is 12.9. The number of aliphatic hydroxyl groups excluding tert-OH is 2. The minimum Gasteiger partial charge on any atom is -0.504 e. The van der Waals surface area contributed by atoms with Gasteiger partial charge >= 0.3 is 0 Å². The van der Waals surface area contributed by atoms with Gasteiger partial charge in [0, 0.05) is 0 Å². The first-order valence-electron chi connectivity index (χ1n) is 16.3. The van der Waals surface area contributed by atoms with Crippen molar-refractivity contribution in [2.75, 3.05) is 0 Å². The van der Waals surface area contributed by atoms with Crippen LogP contribution in [0.15, 0.2) is 30.3 Å². The molecule has 6 aliphatic rings. The summed E-state index contributed by atoms with van der Waals surface area (Å²) in [5.41, 5.74) is 5.74. The van der Waals surface area contributed by atoms with Crippen LogP contribution in [-0.4, -0.2) is 27.5 Å². The molecule has 40 heavy (non-hydrogen) atoms. The molecule has 8 rings (SSSR count). The maximum atomic E-state index is 11.0. The smallest absolute Gasteiger partial charge is 0.169 e. The van der Waals surface area contributed by atoms with Crippen LogP contribution < -0.4 is 4.74 Å². The Morgan fingerprint density at radius 3 is 1.88 bits per heavy atom. The van der Waals surface area contributed by atoms with Crippen LogP contribution in [0, 0.1) is 34.5 Å². The molecule has 2 aromatic carbocycles. The van der Waals surface area contributed by atoms with Gasteiger partial charge in [-0.15, -0.1) is 0 Å². The van der Waals surface area contributed by atoms with Gasteiger partial charge in [0.2, 0.25) is 0 Å². The molecule has 4 nitrogen and oxygen atoms in total. The molecule has 0 saturated heterocycles. The van der Waals surface area contributed by atoms with Gasteiger partial charge in [-0.3, -0.25) is 0 Å². The highest BCUT2D eigenvalue weighted by molar-refractivity contribution is 5.52. The predicted molar refractivity (Wildman–Crippen MR) is 156 cm³/mol. The van der Waals surface area contributed by atoms with Gasteiger partial charge < -0.3 is 20.1 Å². The Labute approximate surface area is 239 Å². The molecule has 0 spiro atoms. The normalized spacial score (nSPS) is 43.1. The van der Waals surface area contributed by atoms with Crippen LogP contribution in [0.1, 0.15) is 112 Å². The topological polar surface area (TPSA) is 69.9 Å². The van der Waals surface area contributed by atoms with E-state index < -0.39 is 0 Å². The lowest BCUT2D eigenvalue weighted by Crippen LogP contribution is -2.43. The Morgan fingerprint density at radius 1 is 0.675 bits per heavy atom. The summed E-state index contributed by atoms with van der Waals surface area (Å²) in [4.78, 5) is 0. The third-order valence-corrected chi connectivity index (χ3v) is 13.6. The molecule has 4 saturated carbocycles. The maximum Gasteiger partial charge on any atom is 0.169 e. The number of fused-ring (bicyclic) bond motifs is 10. The van der Waals surface area contributed by atoms with Crippen molar-refractivity contribution in [1.82, 2.24) is 0 Å². The molecule has 0 radical (unpaired) electrons. The maximum absolute atomic E-state index is 11.0. The number of aromatic hydroxyl groups is 1.